The van der Waals surface area contributed by atoms with Crippen LogP contribution in [0.2, 0.25) is 0 Å². The molecule has 1 N–H and O–H groups in total. The SMILES string of the molecule is Cn1c(=O)oc2cc(CCC(C)(C)CC(=O)O)ccc21. The average molecular weight is 277 g/mol. The Bertz CT molecular complexity index is 693. The third kappa shape index (κ3) is 3.10. The first-order valence-electron chi connectivity index (χ1n) is 6.59. The van der Waals surface area contributed by atoms with Crippen LogP contribution >= 0.6 is 0 Å². The van der Waals surface area contributed by atoms with Gasteiger partial charge in [0.2, 0.25) is 0 Å². The van der Waals surface area contributed by atoms with Crippen molar-refractivity contribution in [3.63, 3.8) is 0 Å². The van der Waals surface area contributed by atoms with E-state index in [0.717, 1.165) is 23.9 Å². The predicted octanol–water partition coefficient (Wildman–Crippen LogP) is 2.57. The van der Waals surface area contributed by atoms with Crippen molar-refractivity contribution >= 4 is 17.1 Å². The number of benzene rings is 1. The van der Waals surface area contributed by atoms with E-state index in [4.69, 9.17) is 9.52 Å². The fourth-order valence-corrected chi connectivity index (χ4v) is 2.31. The zero-order valence-electron chi connectivity index (χ0n) is 12.0. The molecule has 0 aliphatic carbocycles. The number of carboxylic acids is 1. The topological polar surface area (TPSA) is 72.4 Å². The number of aromatic nitrogens is 1. The summed E-state index contributed by atoms with van der Waals surface area (Å²) in [7, 11) is 1.67. The Labute approximate surface area is 116 Å². The molecule has 1 aromatic carbocycles. The highest BCUT2D eigenvalue weighted by Gasteiger charge is 2.21. The second kappa shape index (κ2) is 5.15. The van der Waals surface area contributed by atoms with E-state index >= 15 is 0 Å². The van der Waals surface area contributed by atoms with Gasteiger partial charge in [0.1, 0.15) is 0 Å². The highest BCUT2D eigenvalue weighted by Crippen LogP contribution is 2.27. The Balaban J connectivity index is 2.14. The number of fused-ring (bicyclic) bond motifs is 1. The van der Waals surface area contributed by atoms with E-state index in [-0.39, 0.29) is 17.6 Å². The third-order valence-electron chi connectivity index (χ3n) is 3.58. The normalized spacial score (nSPS) is 11.9. The lowest BCUT2D eigenvalue weighted by Crippen LogP contribution is -2.17. The summed E-state index contributed by atoms with van der Waals surface area (Å²) >= 11 is 0. The number of nitrogens with zero attached hydrogens (tertiary/aromatic N) is 1. The van der Waals surface area contributed by atoms with Crippen molar-refractivity contribution < 1.29 is 14.3 Å². The van der Waals surface area contributed by atoms with E-state index in [1.54, 1.807) is 7.05 Å². The van der Waals surface area contributed by atoms with Crippen LogP contribution in [-0.2, 0) is 18.3 Å². The van der Waals surface area contributed by atoms with E-state index in [2.05, 4.69) is 0 Å². The van der Waals surface area contributed by atoms with Crippen molar-refractivity contribution in [1.29, 1.82) is 0 Å². The Morgan fingerprint density at radius 1 is 1.40 bits per heavy atom. The van der Waals surface area contributed by atoms with Crippen molar-refractivity contribution in [1.82, 2.24) is 4.57 Å². The summed E-state index contributed by atoms with van der Waals surface area (Å²) in [4.78, 5) is 22.2. The molecule has 5 nitrogen and oxygen atoms in total. The number of hydrogen-bond donors (Lipinski definition) is 1. The number of hydrogen-bond acceptors (Lipinski definition) is 3. The zero-order valence-corrected chi connectivity index (χ0v) is 12.0. The molecule has 0 unspecified atom stereocenters. The molecule has 0 spiro atoms. The van der Waals surface area contributed by atoms with E-state index < -0.39 is 5.97 Å². The first kappa shape index (κ1) is 14.4. The van der Waals surface area contributed by atoms with Crippen molar-refractivity contribution in [2.45, 2.75) is 33.1 Å². The Morgan fingerprint density at radius 3 is 2.75 bits per heavy atom. The monoisotopic (exact) mass is 277 g/mol. The molecule has 0 aliphatic heterocycles. The third-order valence-corrected chi connectivity index (χ3v) is 3.58. The molecule has 2 aromatic rings. The molecule has 0 radical (unpaired) electrons. The van der Waals surface area contributed by atoms with Gasteiger partial charge in [-0.3, -0.25) is 9.36 Å². The summed E-state index contributed by atoms with van der Waals surface area (Å²) in [6.45, 7) is 3.89. The van der Waals surface area contributed by atoms with Crippen molar-refractivity contribution in [3.8, 4) is 0 Å². The van der Waals surface area contributed by atoms with Gasteiger partial charge in [-0.05, 0) is 36.0 Å². The number of aryl methyl sites for hydroxylation is 2. The average Bonchev–Trinajstić information content (AvgIpc) is 2.61. The van der Waals surface area contributed by atoms with Crippen molar-refractivity contribution in [3.05, 3.63) is 34.3 Å². The summed E-state index contributed by atoms with van der Waals surface area (Å²) < 4.78 is 6.61. The highest BCUT2D eigenvalue weighted by molar-refractivity contribution is 5.73. The van der Waals surface area contributed by atoms with Gasteiger partial charge in [-0.15, -0.1) is 0 Å². The molecule has 0 saturated carbocycles. The maximum absolute atomic E-state index is 11.4. The van der Waals surface area contributed by atoms with Crippen LogP contribution < -0.4 is 5.76 Å². The summed E-state index contributed by atoms with van der Waals surface area (Å²) in [5.41, 5.74) is 2.14. The highest BCUT2D eigenvalue weighted by atomic mass is 16.4. The minimum absolute atomic E-state index is 0.148. The van der Waals surface area contributed by atoms with Gasteiger partial charge in [-0.2, -0.15) is 0 Å². The van der Waals surface area contributed by atoms with E-state index in [1.165, 1.54) is 4.57 Å². The fraction of sp³-hybridized carbons (Fsp3) is 0.467. The summed E-state index contributed by atoms with van der Waals surface area (Å²) in [5.74, 6) is -1.15. The fourth-order valence-electron chi connectivity index (χ4n) is 2.31. The van der Waals surface area contributed by atoms with Crippen molar-refractivity contribution in [2.24, 2.45) is 12.5 Å². The molecule has 2 rings (SSSR count). The summed E-state index contributed by atoms with van der Waals surface area (Å²) in [6, 6.07) is 5.67. The molecule has 0 atom stereocenters. The molecule has 1 aromatic heterocycles. The first-order chi connectivity index (χ1) is 9.28. The maximum atomic E-state index is 11.4. The second-order valence-corrected chi connectivity index (χ2v) is 5.96. The number of rotatable bonds is 5. The number of carboxylic acid groups (broad SMARTS) is 1. The quantitative estimate of drug-likeness (QED) is 0.911. The lowest BCUT2D eigenvalue weighted by atomic mass is 9.83. The second-order valence-electron chi connectivity index (χ2n) is 5.96. The summed E-state index contributed by atoms with van der Waals surface area (Å²) in [6.07, 6.45) is 1.67. The molecule has 0 amide bonds. The molecule has 0 fully saturated rings. The molecule has 0 saturated heterocycles. The Kier molecular flexibility index (Phi) is 3.70. The lowest BCUT2D eigenvalue weighted by molar-refractivity contribution is -0.139. The molecular weight excluding hydrogens is 258 g/mol. The molecule has 0 bridgehead atoms. The molecule has 5 heteroatoms. The van der Waals surface area contributed by atoms with Crippen LogP contribution in [0.3, 0.4) is 0 Å². The molecule has 20 heavy (non-hydrogen) atoms. The maximum Gasteiger partial charge on any atom is 0.419 e. The van der Waals surface area contributed by atoms with Gasteiger partial charge >= 0.3 is 11.7 Å². The summed E-state index contributed by atoms with van der Waals surface area (Å²) in [5, 5.41) is 8.87. The standard InChI is InChI=1S/C15H19NO4/c1-15(2,9-13(17)18)7-6-10-4-5-11-12(8-10)20-14(19)16(11)3/h4-5,8H,6-7,9H2,1-3H3,(H,17,18). The van der Waals surface area contributed by atoms with Crippen LogP contribution in [0.4, 0.5) is 0 Å². The van der Waals surface area contributed by atoms with Crippen molar-refractivity contribution in [2.75, 3.05) is 0 Å². The molecule has 1 heterocycles. The molecular formula is C15H19NO4. The van der Waals surface area contributed by atoms with E-state index in [0.29, 0.717) is 5.58 Å². The smallest absolute Gasteiger partial charge is 0.419 e. The largest absolute Gasteiger partial charge is 0.481 e. The molecule has 108 valence electrons. The van der Waals surface area contributed by atoms with E-state index in [1.807, 2.05) is 32.0 Å². The Hall–Kier alpha value is -2.04. The minimum Gasteiger partial charge on any atom is -0.481 e. The molecule has 0 aliphatic rings. The van der Waals surface area contributed by atoms with Gasteiger partial charge in [0, 0.05) is 7.05 Å². The van der Waals surface area contributed by atoms with Gasteiger partial charge in [-0.25, -0.2) is 4.79 Å². The van der Waals surface area contributed by atoms with Crippen LogP contribution in [0.1, 0.15) is 32.3 Å². The zero-order chi connectivity index (χ0) is 14.9. The van der Waals surface area contributed by atoms with Gasteiger partial charge in [-0.1, -0.05) is 19.9 Å². The van der Waals surface area contributed by atoms with Crippen LogP contribution in [0.25, 0.3) is 11.1 Å². The van der Waals surface area contributed by atoms with Gasteiger partial charge < -0.3 is 9.52 Å². The lowest BCUT2D eigenvalue weighted by Gasteiger charge is -2.22. The van der Waals surface area contributed by atoms with Crippen LogP contribution in [0.5, 0.6) is 0 Å². The number of aliphatic carboxylic acids is 1. The Morgan fingerprint density at radius 2 is 2.10 bits per heavy atom. The van der Waals surface area contributed by atoms with Gasteiger partial charge in [0.05, 0.1) is 11.9 Å². The van der Waals surface area contributed by atoms with Gasteiger partial charge in [0.15, 0.2) is 5.58 Å². The minimum atomic E-state index is -0.778. The van der Waals surface area contributed by atoms with Gasteiger partial charge in [0.25, 0.3) is 0 Å². The van der Waals surface area contributed by atoms with Crippen LogP contribution in [-0.4, -0.2) is 15.6 Å². The number of carbonyl (C=O) groups is 1. The van der Waals surface area contributed by atoms with Crippen LogP contribution in [0, 0.1) is 5.41 Å². The predicted molar refractivity (Wildman–Crippen MR) is 75.8 cm³/mol. The first-order valence-corrected chi connectivity index (χ1v) is 6.59. The van der Waals surface area contributed by atoms with E-state index in [9.17, 15) is 9.59 Å². The number of oxazole rings is 1. The van der Waals surface area contributed by atoms with Crippen LogP contribution in [0.15, 0.2) is 27.4 Å².